The van der Waals surface area contributed by atoms with Gasteiger partial charge in [0.15, 0.2) is 5.96 Å². The summed E-state index contributed by atoms with van der Waals surface area (Å²) in [6.45, 7) is 6.76. The van der Waals surface area contributed by atoms with Crippen LogP contribution in [0.3, 0.4) is 0 Å². The summed E-state index contributed by atoms with van der Waals surface area (Å²) in [7, 11) is 1.78. The summed E-state index contributed by atoms with van der Waals surface area (Å²) in [5, 5.41) is 6.60. The van der Waals surface area contributed by atoms with Crippen molar-refractivity contribution in [2.45, 2.75) is 33.2 Å². The summed E-state index contributed by atoms with van der Waals surface area (Å²) in [5.41, 5.74) is 1.14. The number of pyridine rings is 1. The minimum atomic E-state index is 0. The summed E-state index contributed by atoms with van der Waals surface area (Å²) < 4.78 is 5.70. The lowest BCUT2D eigenvalue weighted by Crippen LogP contribution is -2.38. The monoisotopic (exact) mass is 418 g/mol. The first-order chi connectivity index (χ1) is 10.2. The molecule has 1 aliphatic rings. The Morgan fingerprint density at radius 3 is 2.82 bits per heavy atom. The van der Waals surface area contributed by atoms with Crippen LogP contribution in [-0.4, -0.2) is 31.1 Å². The van der Waals surface area contributed by atoms with Crippen molar-refractivity contribution in [2.24, 2.45) is 16.8 Å². The Morgan fingerprint density at radius 2 is 2.18 bits per heavy atom. The van der Waals surface area contributed by atoms with Crippen LogP contribution in [0.4, 0.5) is 0 Å². The summed E-state index contributed by atoms with van der Waals surface area (Å²) in [6, 6.07) is 3.98. The van der Waals surface area contributed by atoms with Gasteiger partial charge in [0, 0.05) is 32.4 Å². The van der Waals surface area contributed by atoms with E-state index in [1.54, 1.807) is 13.2 Å². The number of nitrogens with one attached hydrogen (secondary N) is 2. The van der Waals surface area contributed by atoms with E-state index in [0.29, 0.717) is 18.3 Å². The van der Waals surface area contributed by atoms with Gasteiger partial charge in [-0.25, -0.2) is 4.98 Å². The lowest BCUT2D eigenvalue weighted by molar-refractivity contribution is 0.288. The lowest BCUT2D eigenvalue weighted by atomic mass is 10.2. The van der Waals surface area contributed by atoms with Gasteiger partial charge in [-0.15, -0.1) is 24.0 Å². The van der Waals surface area contributed by atoms with Gasteiger partial charge in [-0.3, -0.25) is 4.99 Å². The SMILES string of the molecule is CN=C(NCc1ccnc(OCC2CC2)c1)NCC(C)C.I. The minimum Gasteiger partial charge on any atom is -0.477 e. The molecule has 0 radical (unpaired) electrons. The first-order valence-electron chi connectivity index (χ1n) is 7.69. The molecular formula is C16H27IN4O. The third-order valence-corrected chi connectivity index (χ3v) is 3.32. The van der Waals surface area contributed by atoms with E-state index in [-0.39, 0.29) is 24.0 Å². The number of rotatable bonds is 7. The molecule has 22 heavy (non-hydrogen) atoms. The average molecular weight is 418 g/mol. The van der Waals surface area contributed by atoms with Crippen molar-refractivity contribution < 1.29 is 4.74 Å². The van der Waals surface area contributed by atoms with Crippen LogP contribution in [-0.2, 0) is 6.54 Å². The number of ether oxygens (including phenoxy) is 1. The Bertz CT molecular complexity index is 475. The summed E-state index contributed by atoms with van der Waals surface area (Å²) in [5.74, 6) is 2.87. The first kappa shape index (κ1) is 19.0. The van der Waals surface area contributed by atoms with Gasteiger partial charge >= 0.3 is 0 Å². The number of nitrogens with zero attached hydrogens (tertiary/aromatic N) is 2. The number of hydrogen-bond donors (Lipinski definition) is 2. The highest BCUT2D eigenvalue weighted by molar-refractivity contribution is 14.0. The maximum Gasteiger partial charge on any atom is 0.213 e. The van der Waals surface area contributed by atoms with Gasteiger partial charge in [0.2, 0.25) is 5.88 Å². The minimum absolute atomic E-state index is 0. The fourth-order valence-corrected chi connectivity index (χ4v) is 1.83. The molecule has 124 valence electrons. The summed E-state index contributed by atoms with van der Waals surface area (Å²) in [4.78, 5) is 8.46. The number of aliphatic imine (C=N–C) groups is 1. The molecule has 1 fully saturated rings. The highest BCUT2D eigenvalue weighted by atomic mass is 127. The second-order valence-corrected chi connectivity index (χ2v) is 5.96. The molecule has 0 aliphatic heterocycles. The molecule has 0 spiro atoms. The molecule has 1 aromatic rings. The van der Waals surface area contributed by atoms with Crippen molar-refractivity contribution in [3.8, 4) is 5.88 Å². The van der Waals surface area contributed by atoms with Gasteiger partial charge in [0.25, 0.3) is 0 Å². The Hall–Kier alpha value is -1.05. The van der Waals surface area contributed by atoms with Gasteiger partial charge in [-0.05, 0) is 36.3 Å². The molecular weight excluding hydrogens is 391 g/mol. The zero-order valence-electron chi connectivity index (χ0n) is 13.6. The van der Waals surface area contributed by atoms with Crippen LogP contribution in [0.2, 0.25) is 0 Å². The van der Waals surface area contributed by atoms with Gasteiger partial charge in [0.05, 0.1) is 6.61 Å². The molecule has 0 unspecified atom stereocenters. The molecule has 1 aromatic heterocycles. The Kier molecular flexibility index (Phi) is 8.52. The number of guanidine groups is 1. The van der Waals surface area contributed by atoms with E-state index in [1.807, 2.05) is 12.1 Å². The van der Waals surface area contributed by atoms with E-state index in [2.05, 4.69) is 34.5 Å². The van der Waals surface area contributed by atoms with Gasteiger partial charge in [-0.1, -0.05) is 13.8 Å². The van der Waals surface area contributed by atoms with E-state index < -0.39 is 0 Å². The largest absolute Gasteiger partial charge is 0.477 e. The van der Waals surface area contributed by atoms with Crippen LogP contribution in [0.1, 0.15) is 32.3 Å². The van der Waals surface area contributed by atoms with Crippen LogP contribution < -0.4 is 15.4 Å². The number of hydrogen-bond acceptors (Lipinski definition) is 3. The van der Waals surface area contributed by atoms with E-state index in [1.165, 1.54) is 12.8 Å². The molecule has 1 heterocycles. The molecule has 0 bridgehead atoms. The highest BCUT2D eigenvalue weighted by Crippen LogP contribution is 2.29. The van der Waals surface area contributed by atoms with Crippen molar-refractivity contribution in [1.29, 1.82) is 0 Å². The van der Waals surface area contributed by atoms with Crippen LogP contribution in [0, 0.1) is 11.8 Å². The fourth-order valence-electron chi connectivity index (χ4n) is 1.83. The first-order valence-corrected chi connectivity index (χ1v) is 7.69. The third-order valence-electron chi connectivity index (χ3n) is 3.32. The second kappa shape index (κ2) is 9.86. The zero-order valence-corrected chi connectivity index (χ0v) is 16.0. The van der Waals surface area contributed by atoms with E-state index >= 15 is 0 Å². The van der Waals surface area contributed by atoms with Crippen molar-refractivity contribution in [3.63, 3.8) is 0 Å². The van der Waals surface area contributed by atoms with Gasteiger partial charge in [-0.2, -0.15) is 0 Å². The predicted molar refractivity (Wildman–Crippen MR) is 101 cm³/mol. The molecule has 2 rings (SSSR count). The Morgan fingerprint density at radius 1 is 1.41 bits per heavy atom. The predicted octanol–water partition coefficient (Wildman–Crippen LogP) is 2.81. The van der Waals surface area contributed by atoms with Crippen LogP contribution in [0.15, 0.2) is 23.3 Å². The van der Waals surface area contributed by atoms with E-state index in [4.69, 9.17) is 4.74 Å². The molecule has 1 aliphatic carbocycles. The smallest absolute Gasteiger partial charge is 0.213 e. The number of aromatic nitrogens is 1. The topological polar surface area (TPSA) is 58.5 Å². The van der Waals surface area contributed by atoms with Crippen molar-refractivity contribution in [2.75, 3.05) is 20.2 Å². The summed E-state index contributed by atoms with van der Waals surface area (Å²) >= 11 is 0. The standard InChI is InChI=1S/C16H26N4O.HI/c1-12(2)9-19-16(17-3)20-10-14-6-7-18-15(8-14)21-11-13-4-5-13;/h6-8,12-13H,4-5,9-11H2,1-3H3,(H2,17,19,20);1H. The lowest BCUT2D eigenvalue weighted by Gasteiger charge is -2.13. The third kappa shape index (κ3) is 7.29. The van der Waals surface area contributed by atoms with Crippen molar-refractivity contribution in [3.05, 3.63) is 23.9 Å². The average Bonchev–Trinajstić information content (AvgIpc) is 3.30. The molecule has 2 N–H and O–H groups in total. The molecule has 0 amide bonds. The Labute approximate surface area is 150 Å². The van der Waals surface area contributed by atoms with Gasteiger partial charge < -0.3 is 15.4 Å². The van der Waals surface area contributed by atoms with E-state index in [9.17, 15) is 0 Å². The quantitative estimate of drug-likeness (QED) is 0.406. The molecule has 5 nitrogen and oxygen atoms in total. The summed E-state index contributed by atoms with van der Waals surface area (Å²) in [6.07, 6.45) is 4.38. The van der Waals surface area contributed by atoms with Gasteiger partial charge in [0.1, 0.15) is 0 Å². The van der Waals surface area contributed by atoms with E-state index in [0.717, 1.165) is 30.6 Å². The fraction of sp³-hybridized carbons (Fsp3) is 0.625. The molecule has 0 atom stereocenters. The maximum absolute atomic E-state index is 5.70. The Balaban J connectivity index is 0.00000242. The highest BCUT2D eigenvalue weighted by Gasteiger charge is 2.22. The number of halogens is 1. The molecule has 0 saturated heterocycles. The molecule has 0 aromatic carbocycles. The van der Waals surface area contributed by atoms with Crippen LogP contribution >= 0.6 is 24.0 Å². The molecule has 1 saturated carbocycles. The zero-order chi connectivity index (χ0) is 15.1. The second-order valence-electron chi connectivity index (χ2n) is 5.96. The van der Waals surface area contributed by atoms with Crippen LogP contribution in [0.5, 0.6) is 5.88 Å². The maximum atomic E-state index is 5.70. The van der Waals surface area contributed by atoms with Crippen molar-refractivity contribution >= 4 is 29.9 Å². The van der Waals surface area contributed by atoms with Crippen LogP contribution in [0.25, 0.3) is 0 Å². The normalized spacial score (nSPS) is 14.5. The van der Waals surface area contributed by atoms with Crippen molar-refractivity contribution in [1.82, 2.24) is 15.6 Å². The molecule has 6 heteroatoms.